The van der Waals surface area contributed by atoms with Crippen LogP contribution in [0.25, 0.3) is 5.82 Å². The van der Waals surface area contributed by atoms with Crippen molar-refractivity contribution in [2.45, 2.75) is 6.92 Å². The van der Waals surface area contributed by atoms with Crippen molar-refractivity contribution in [1.82, 2.24) is 25.3 Å². The van der Waals surface area contributed by atoms with Crippen LogP contribution in [0.5, 0.6) is 5.75 Å². The highest BCUT2D eigenvalue weighted by atomic mass is 35.5. The van der Waals surface area contributed by atoms with Crippen LogP contribution in [0.3, 0.4) is 0 Å². The van der Waals surface area contributed by atoms with E-state index in [4.69, 9.17) is 27.9 Å². The van der Waals surface area contributed by atoms with Crippen molar-refractivity contribution in [3.8, 4) is 11.6 Å². The first-order valence-electron chi connectivity index (χ1n) is 8.46. The van der Waals surface area contributed by atoms with Gasteiger partial charge >= 0.3 is 0 Å². The topological polar surface area (TPSA) is 94.0 Å². The molecule has 3 aromatic rings. The molecule has 0 saturated heterocycles. The summed E-state index contributed by atoms with van der Waals surface area (Å²) in [7, 11) is 0. The normalized spacial score (nSPS) is 10.5. The number of nitrogens with one attached hydrogen (secondary N) is 2. The zero-order valence-corrected chi connectivity index (χ0v) is 16.5. The van der Waals surface area contributed by atoms with Crippen LogP contribution in [-0.4, -0.2) is 45.6 Å². The Bertz CT molecular complexity index is 946. The third kappa shape index (κ3) is 5.58. The molecule has 0 saturated carbocycles. The number of nitrogens with zero attached hydrogens (tertiary/aromatic N) is 4. The van der Waals surface area contributed by atoms with E-state index in [1.807, 2.05) is 25.3 Å². The molecule has 0 spiro atoms. The van der Waals surface area contributed by atoms with Crippen molar-refractivity contribution in [3.63, 3.8) is 0 Å². The standard InChI is InChI=1S/C18H18Cl2N6O2/c1-12-6-9-26(25-12)17-5-4-16(23-24-17)21-7-8-22-18(27)11-28-15-3-2-13(19)10-14(15)20/h2-6,9-10H,7-8,11H2,1H3,(H,21,23)(H,22,27). The largest absolute Gasteiger partial charge is 0.482 e. The van der Waals surface area contributed by atoms with Gasteiger partial charge < -0.3 is 15.4 Å². The number of benzene rings is 1. The fourth-order valence-corrected chi connectivity index (χ4v) is 2.73. The summed E-state index contributed by atoms with van der Waals surface area (Å²) in [6.45, 7) is 2.66. The lowest BCUT2D eigenvalue weighted by molar-refractivity contribution is -0.123. The van der Waals surface area contributed by atoms with Crippen LogP contribution in [0, 0.1) is 6.92 Å². The number of anilines is 1. The number of aromatic nitrogens is 4. The number of ether oxygens (including phenoxy) is 1. The minimum absolute atomic E-state index is 0.140. The van der Waals surface area contributed by atoms with E-state index < -0.39 is 0 Å². The smallest absolute Gasteiger partial charge is 0.258 e. The van der Waals surface area contributed by atoms with Crippen molar-refractivity contribution >= 4 is 34.9 Å². The van der Waals surface area contributed by atoms with Gasteiger partial charge in [0.2, 0.25) is 0 Å². The zero-order chi connectivity index (χ0) is 19.9. The first kappa shape index (κ1) is 19.9. The average Bonchev–Trinajstić information content (AvgIpc) is 3.11. The summed E-state index contributed by atoms with van der Waals surface area (Å²) in [5.41, 5.74) is 0.905. The van der Waals surface area contributed by atoms with E-state index >= 15 is 0 Å². The molecule has 0 unspecified atom stereocenters. The minimum atomic E-state index is -0.261. The van der Waals surface area contributed by atoms with Gasteiger partial charge in [0.25, 0.3) is 5.91 Å². The number of carbonyl (C=O) groups is 1. The van der Waals surface area contributed by atoms with Crippen LogP contribution in [0.15, 0.2) is 42.6 Å². The maximum atomic E-state index is 11.8. The van der Waals surface area contributed by atoms with Gasteiger partial charge in [-0.1, -0.05) is 23.2 Å². The van der Waals surface area contributed by atoms with Crippen molar-refractivity contribution in [2.24, 2.45) is 0 Å². The lowest BCUT2D eigenvalue weighted by atomic mass is 10.3. The predicted octanol–water partition coefficient (Wildman–Crippen LogP) is 2.88. The van der Waals surface area contributed by atoms with Crippen LogP contribution in [-0.2, 0) is 4.79 Å². The molecule has 10 heteroatoms. The van der Waals surface area contributed by atoms with Crippen molar-refractivity contribution < 1.29 is 9.53 Å². The second-order valence-corrected chi connectivity index (χ2v) is 6.66. The Morgan fingerprint density at radius 1 is 1.14 bits per heavy atom. The fourth-order valence-electron chi connectivity index (χ4n) is 2.26. The Morgan fingerprint density at radius 2 is 2.00 bits per heavy atom. The molecule has 1 aromatic carbocycles. The van der Waals surface area contributed by atoms with Crippen LogP contribution < -0.4 is 15.4 Å². The van der Waals surface area contributed by atoms with Crippen molar-refractivity contribution in [2.75, 3.05) is 25.0 Å². The Balaban J connectivity index is 1.37. The molecule has 2 heterocycles. The highest BCUT2D eigenvalue weighted by Gasteiger charge is 2.06. The molecule has 0 aliphatic rings. The van der Waals surface area contributed by atoms with Crippen molar-refractivity contribution in [1.29, 1.82) is 0 Å². The molecule has 146 valence electrons. The molecule has 3 rings (SSSR count). The number of hydrogen-bond acceptors (Lipinski definition) is 6. The highest BCUT2D eigenvalue weighted by Crippen LogP contribution is 2.27. The molecular formula is C18H18Cl2N6O2. The second-order valence-electron chi connectivity index (χ2n) is 5.82. The van der Waals surface area contributed by atoms with Crippen molar-refractivity contribution in [3.05, 3.63) is 58.3 Å². The summed E-state index contributed by atoms with van der Waals surface area (Å²) in [5.74, 6) is 1.38. The van der Waals surface area contributed by atoms with Gasteiger partial charge in [-0.2, -0.15) is 5.10 Å². The summed E-state index contributed by atoms with van der Waals surface area (Å²) in [6.07, 6.45) is 1.82. The SMILES string of the molecule is Cc1ccn(-c2ccc(NCCNC(=O)COc3ccc(Cl)cc3Cl)nn2)n1. The number of amides is 1. The van der Waals surface area contributed by atoms with Gasteiger partial charge in [-0.05, 0) is 43.3 Å². The van der Waals surface area contributed by atoms with Gasteiger partial charge in [0.1, 0.15) is 11.6 Å². The Kier molecular flexibility index (Phi) is 6.67. The maximum absolute atomic E-state index is 11.8. The number of aryl methyl sites for hydroxylation is 1. The molecule has 8 nitrogen and oxygen atoms in total. The molecule has 1 amide bonds. The van der Waals surface area contributed by atoms with Gasteiger partial charge in [0.05, 0.1) is 10.7 Å². The molecule has 0 atom stereocenters. The fraction of sp³-hybridized carbons (Fsp3) is 0.222. The minimum Gasteiger partial charge on any atom is -0.482 e. The van der Waals surface area contributed by atoms with Crippen LogP contribution in [0.1, 0.15) is 5.69 Å². The lowest BCUT2D eigenvalue weighted by Crippen LogP contribution is -2.32. The number of carbonyl (C=O) groups excluding carboxylic acids is 1. The Hall–Kier alpha value is -2.84. The molecule has 0 aliphatic heterocycles. The van der Waals surface area contributed by atoms with Gasteiger partial charge in [-0.3, -0.25) is 4.79 Å². The van der Waals surface area contributed by atoms with E-state index in [2.05, 4.69) is 25.9 Å². The quantitative estimate of drug-likeness (QED) is 0.544. The lowest BCUT2D eigenvalue weighted by Gasteiger charge is -2.10. The molecular weight excluding hydrogens is 403 g/mol. The summed E-state index contributed by atoms with van der Waals surface area (Å²) in [4.78, 5) is 11.8. The molecule has 2 N–H and O–H groups in total. The van der Waals surface area contributed by atoms with Gasteiger partial charge in [0.15, 0.2) is 12.4 Å². The highest BCUT2D eigenvalue weighted by molar-refractivity contribution is 6.35. The monoisotopic (exact) mass is 420 g/mol. The van der Waals surface area contributed by atoms with E-state index in [1.54, 1.807) is 28.9 Å². The van der Waals surface area contributed by atoms with E-state index in [-0.39, 0.29) is 12.5 Å². The summed E-state index contributed by atoms with van der Waals surface area (Å²) >= 11 is 11.8. The van der Waals surface area contributed by atoms with Crippen LogP contribution in [0.4, 0.5) is 5.82 Å². The first-order valence-corrected chi connectivity index (χ1v) is 9.21. The molecule has 0 fully saturated rings. The molecule has 0 bridgehead atoms. The average molecular weight is 421 g/mol. The number of rotatable bonds is 8. The molecule has 2 aromatic heterocycles. The summed E-state index contributed by atoms with van der Waals surface area (Å²) in [5, 5.41) is 19.1. The Morgan fingerprint density at radius 3 is 2.68 bits per heavy atom. The van der Waals surface area contributed by atoms with E-state index in [0.717, 1.165) is 5.69 Å². The number of halogens is 2. The van der Waals surface area contributed by atoms with Gasteiger partial charge in [-0.15, -0.1) is 10.2 Å². The number of hydrogen-bond donors (Lipinski definition) is 2. The first-order chi connectivity index (χ1) is 13.5. The third-order valence-corrected chi connectivity index (χ3v) is 4.14. The summed E-state index contributed by atoms with van der Waals surface area (Å²) < 4.78 is 7.02. The van der Waals surface area contributed by atoms with Crippen LogP contribution in [0.2, 0.25) is 10.0 Å². The summed E-state index contributed by atoms with van der Waals surface area (Å²) in [6, 6.07) is 10.3. The Labute approximate surface area is 171 Å². The van der Waals surface area contributed by atoms with E-state index in [1.165, 1.54) is 0 Å². The third-order valence-electron chi connectivity index (χ3n) is 3.61. The zero-order valence-electron chi connectivity index (χ0n) is 15.0. The van der Waals surface area contributed by atoms with Gasteiger partial charge in [0, 0.05) is 24.3 Å². The van der Waals surface area contributed by atoms with E-state index in [0.29, 0.717) is 40.5 Å². The molecule has 28 heavy (non-hydrogen) atoms. The maximum Gasteiger partial charge on any atom is 0.258 e. The van der Waals surface area contributed by atoms with Crippen LogP contribution >= 0.6 is 23.2 Å². The van der Waals surface area contributed by atoms with Gasteiger partial charge in [-0.25, -0.2) is 4.68 Å². The predicted molar refractivity (Wildman–Crippen MR) is 107 cm³/mol. The second kappa shape index (κ2) is 9.38. The molecule has 0 radical (unpaired) electrons. The van der Waals surface area contributed by atoms with E-state index in [9.17, 15) is 4.79 Å². The molecule has 0 aliphatic carbocycles.